The minimum atomic E-state index is -0.107. The third kappa shape index (κ3) is 1.82. The van der Waals surface area contributed by atoms with E-state index in [9.17, 15) is 4.79 Å². The summed E-state index contributed by atoms with van der Waals surface area (Å²) >= 11 is 0. The van der Waals surface area contributed by atoms with Crippen LogP contribution in [0, 0.1) is 6.92 Å². The van der Waals surface area contributed by atoms with E-state index in [4.69, 9.17) is 15.9 Å². The van der Waals surface area contributed by atoms with Gasteiger partial charge in [-0.3, -0.25) is 4.79 Å². The van der Waals surface area contributed by atoms with Gasteiger partial charge in [-0.15, -0.1) is 0 Å². The molecular weight excluding hydrogens is 252 g/mol. The summed E-state index contributed by atoms with van der Waals surface area (Å²) in [6.45, 7) is 1.74. The average Bonchev–Trinajstić information content (AvgIpc) is 2.44. The quantitative estimate of drug-likeness (QED) is 0.663. The predicted molar refractivity (Wildman–Crippen MR) is 81.5 cm³/mol. The number of anilines is 2. The molecule has 0 aliphatic rings. The molecule has 0 aliphatic heterocycles. The monoisotopic (exact) mass is 266 g/mol. The van der Waals surface area contributed by atoms with Crippen LogP contribution in [-0.2, 0) is 0 Å². The van der Waals surface area contributed by atoms with Crippen LogP contribution >= 0.6 is 0 Å². The van der Waals surface area contributed by atoms with Crippen LogP contribution in [0.1, 0.15) is 5.56 Å². The lowest BCUT2D eigenvalue weighted by molar-refractivity contribution is 0.615. The molecule has 100 valence electrons. The highest BCUT2D eigenvalue weighted by molar-refractivity contribution is 5.92. The Kier molecular flexibility index (Phi) is 2.71. The lowest BCUT2D eigenvalue weighted by Crippen LogP contribution is -2.09. The van der Waals surface area contributed by atoms with Crippen molar-refractivity contribution in [3.8, 4) is 11.3 Å². The summed E-state index contributed by atoms with van der Waals surface area (Å²) in [7, 11) is 0. The van der Waals surface area contributed by atoms with Gasteiger partial charge in [0.25, 0.3) is 0 Å². The van der Waals surface area contributed by atoms with Crippen LogP contribution in [0.4, 0.5) is 11.4 Å². The predicted octanol–water partition coefficient (Wildman–Crippen LogP) is 2.93. The van der Waals surface area contributed by atoms with E-state index >= 15 is 0 Å². The Bertz CT molecular complexity index is 852. The van der Waals surface area contributed by atoms with Crippen LogP contribution < -0.4 is 16.9 Å². The second-order valence-electron chi connectivity index (χ2n) is 4.74. The molecular formula is C16H14N2O2. The van der Waals surface area contributed by atoms with E-state index < -0.39 is 0 Å². The number of fused-ring (bicyclic) bond motifs is 1. The molecule has 0 saturated carbocycles. The molecule has 3 rings (SSSR count). The lowest BCUT2D eigenvalue weighted by Gasteiger charge is -2.09. The van der Waals surface area contributed by atoms with E-state index in [0.717, 1.165) is 5.56 Å². The van der Waals surface area contributed by atoms with Crippen LogP contribution in [0.2, 0.25) is 0 Å². The largest absolute Gasteiger partial charge is 0.453 e. The number of hydrogen-bond donors (Lipinski definition) is 2. The van der Waals surface area contributed by atoms with Crippen LogP contribution in [-0.4, -0.2) is 0 Å². The van der Waals surface area contributed by atoms with Crippen LogP contribution in [0.3, 0.4) is 0 Å². The summed E-state index contributed by atoms with van der Waals surface area (Å²) in [6.07, 6.45) is 0. The molecule has 1 heterocycles. The summed E-state index contributed by atoms with van der Waals surface area (Å²) < 4.78 is 5.86. The zero-order valence-corrected chi connectivity index (χ0v) is 11.0. The smallest absolute Gasteiger partial charge is 0.196 e. The summed E-state index contributed by atoms with van der Waals surface area (Å²) in [5.74, 6) is 0.541. The second kappa shape index (κ2) is 4.42. The maximum absolute atomic E-state index is 12.5. The standard InChI is InChI=1S/C16H14N2O2/c1-9-14(19)12-7-11(17)8-13(18)16(12)20-15(9)10-5-3-2-4-6-10/h2-8H,17-18H2,1H3. The summed E-state index contributed by atoms with van der Waals surface area (Å²) in [5, 5.41) is 0.416. The molecule has 0 atom stereocenters. The Labute approximate surface area is 115 Å². The van der Waals surface area contributed by atoms with Crippen molar-refractivity contribution in [2.75, 3.05) is 11.5 Å². The second-order valence-corrected chi connectivity index (χ2v) is 4.74. The maximum atomic E-state index is 12.5. The Morgan fingerprint density at radius 3 is 2.45 bits per heavy atom. The topological polar surface area (TPSA) is 82.2 Å². The Morgan fingerprint density at radius 2 is 1.75 bits per heavy atom. The first-order chi connectivity index (χ1) is 9.58. The van der Waals surface area contributed by atoms with Gasteiger partial charge in [-0.2, -0.15) is 0 Å². The van der Waals surface area contributed by atoms with E-state index in [1.165, 1.54) is 0 Å². The highest BCUT2D eigenvalue weighted by Crippen LogP contribution is 2.29. The van der Waals surface area contributed by atoms with Crippen LogP contribution in [0.15, 0.2) is 51.7 Å². The average molecular weight is 266 g/mol. The fourth-order valence-electron chi connectivity index (χ4n) is 2.31. The first-order valence-corrected chi connectivity index (χ1v) is 6.26. The summed E-state index contributed by atoms with van der Waals surface area (Å²) in [4.78, 5) is 12.5. The Balaban J connectivity index is 2.42. The number of hydrogen-bond acceptors (Lipinski definition) is 4. The number of rotatable bonds is 1. The third-order valence-electron chi connectivity index (χ3n) is 3.31. The van der Waals surface area contributed by atoms with Crippen molar-refractivity contribution >= 4 is 22.3 Å². The van der Waals surface area contributed by atoms with Crippen molar-refractivity contribution < 1.29 is 4.42 Å². The van der Waals surface area contributed by atoms with Gasteiger partial charge in [-0.25, -0.2) is 0 Å². The van der Waals surface area contributed by atoms with Crippen molar-refractivity contribution in [1.29, 1.82) is 0 Å². The molecule has 4 N–H and O–H groups in total. The maximum Gasteiger partial charge on any atom is 0.196 e. The third-order valence-corrected chi connectivity index (χ3v) is 3.31. The molecule has 0 fully saturated rings. The molecule has 0 saturated heterocycles. The lowest BCUT2D eigenvalue weighted by atomic mass is 10.1. The van der Waals surface area contributed by atoms with Gasteiger partial charge in [-0.1, -0.05) is 30.3 Å². The van der Waals surface area contributed by atoms with Crippen LogP contribution in [0.5, 0.6) is 0 Å². The van der Waals surface area contributed by atoms with Crippen molar-refractivity contribution in [2.45, 2.75) is 6.92 Å². The number of benzene rings is 2. The number of nitrogen functional groups attached to an aromatic ring is 2. The minimum Gasteiger partial charge on any atom is -0.453 e. The molecule has 2 aromatic carbocycles. The van der Waals surface area contributed by atoms with Crippen molar-refractivity contribution in [2.24, 2.45) is 0 Å². The van der Waals surface area contributed by atoms with Crippen LogP contribution in [0.25, 0.3) is 22.3 Å². The van der Waals surface area contributed by atoms with Crippen molar-refractivity contribution in [3.05, 3.63) is 58.3 Å². The zero-order valence-electron chi connectivity index (χ0n) is 11.0. The molecule has 3 aromatic rings. The van der Waals surface area contributed by atoms with Gasteiger partial charge in [0.2, 0.25) is 0 Å². The molecule has 0 radical (unpaired) electrons. The fourth-order valence-corrected chi connectivity index (χ4v) is 2.31. The molecule has 0 amide bonds. The van der Waals surface area contributed by atoms with E-state index in [2.05, 4.69) is 0 Å². The van der Waals surface area contributed by atoms with Gasteiger partial charge in [0.15, 0.2) is 11.0 Å². The fraction of sp³-hybridized carbons (Fsp3) is 0.0625. The highest BCUT2D eigenvalue weighted by atomic mass is 16.3. The van der Waals surface area contributed by atoms with Gasteiger partial charge in [-0.05, 0) is 19.1 Å². The first-order valence-electron chi connectivity index (χ1n) is 6.26. The molecule has 0 aliphatic carbocycles. The van der Waals surface area contributed by atoms with E-state index in [-0.39, 0.29) is 5.43 Å². The van der Waals surface area contributed by atoms with Gasteiger partial charge in [0, 0.05) is 16.8 Å². The Morgan fingerprint density at radius 1 is 1.05 bits per heavy atom. The van der Waals surface area contributed by atoms with E-state index in [1.807, 2.05) is 30.3 Å². The molecule has 20 heavy (non-hydrogen) atoms. The van der Waals surface area contributed by atoms with Gasteiger partial charge in [0.1, 0.15) is 5.76 Å². The highest BCUT2D eigenvalue weighted by Gasteiger charge is 2.14. The van der Waals surface area contributed by atoms with Gasteiger partial charge < -0.3 is 15.9 Å². The summed E-state index contributed by atoms with van der Waals surface area (Å²) in [5.41, 5.74) is 14.1. The van der Waals surface area contributed by atoms with Gasteiger partial charge in [0.05, 0.1) is 11.1 Å². The van der Waals surface area contributed by atoms with E-state index in [1.54, 1.807) is 19.1 Å². The SMILES string of the molecule is Cc1c(-c2ccccc2)oc2c(N)cc(N)cc2c1=O. The van der Waals surface area contributed by atoms with Crippen molar-refractivity contribution in [3.63, 3.8) is 0 Å². The molecule has 4 heteroatoms. The zero-order chi connectivity index (χ0) is 14.3. The normalized spacial score (nSPS) is 10.8. The summed E-state index contributed by atoms with van der Waals surface area (Å²) in [6, 6.07) is 12.7. The molecule has 1 aromatic heterocycles. The van der Waals surface area contributed by atoms with Gasteiger partial charge >= 0.3 is 0 Å². The van der Waals surface area contributed by atoms with E-state index in [0.29, 0.717) is 33.7 Å². The minimum absolute atomic E-state index is 0.107. The number of nitrogens with two attached hydrogens (primary N) is 2. The molecule has 0 bridgehead atoms. The first kappa shape index (κ1) is 12.3. The molecule has 0 spiro atoms. The molecule has 4 nitrogen and oxygen atoms in total. The van der Waals surface area contributed by atoms with Crippen molar-refractivity contribution in [1.82, 2.24) is 0 Å². The Hall–Kier alpha value is -2.75. The molecule has 0 unspecified atom stereocenters.